The van der Waals surface area contributed by atoms with Crippen LogP contribution in [-0.2, 0) is 0 Å². The van der Waals surface area contributed by atoms with Crippen molar-refractivity contribution in [3.05, 3.63) is 64.7 Å². The summed E-state index contributed by atoms with van der Waals surface area (Å²) in [6, 6.07) is 11.1. The van der Waals surface area contributed by atoms with Crippen molar-refractivity contribution in [3.8, 4) is 5.75 Å². The summed E-state index contributed by atoms with van der Waals surface area (Å²) in [4.78, 5) is 12.1. The fourth-order valence-electron chi connectivity index (χ4n) is 2.39. The lowest BCUT2D eigenvalue weighted by atomic mass is 10.1. The van der Waals surface area contributed by atoms with E-state index in [-0.39, 0.29) is 18.2 Å². The van der Waals surface area contributed by atoms with Gasteiger partial charge in [0.15, 0.2) is 0 Å². The van der Waals surface area contributed by atoms with Gasteiger partial charge in [0, 0.05) is 12.1 Å². The largest absolute Gasteiger partial charge is 0.435 e. The third-order valence-corrected chi connectivity index (χ3v) is 3.43. The molecule has 2 N–H and O–H groups in total. The van der Waals surface area contributed by atoms with Crippen LogP contribution in [-0.4, -0.2) is 24.2 Å². The van der Waals surface area contributed by atoms with Crippen LogP contribution in [0.1, 0.15) is 33.2 Å². The predicted molar refractivity (Wildman–Crippen MR) is 86.3 cm³/mol. The Morgan fingerprint density at radius 2 is 1.71 bits per heavy atom. The SMILES string of the molecule is Cc1cc(C)cc(C(=O)NCC(O)c2ccc(OC(F)F)cc2)c1. The Kier molecular flexibility index (Phi) is 5.87. The zero-order valence-corrected chi connectivity index (χ0v) is 13.4. The molecule has 0 saturated carbocycles. The molecule has 1 unspecified atom stereocenters. The second-order valence-corrected chi connectivity index (χ2v) is 5.55. The maximum atomic E-state index is 12.1. The molecule has 4 nitrogen and oxygen atoms in total. The maximum Gasteiger partial charge on any atom is 0.387 e. The van der Waals surface area contributed by atoms with Gasteiger partial charge in [0.25, 0.3) is 5.91 Å². The number of carbonyl (C=O) groups excluding carboxylic acids is 1. The summed E-state index contributed by atoms with van der Waals surface area (Å²) in [5, 5.41) is 12.8. The number of rotatable bonds is 6. The minimum absolute atomic E-state index is 0.0141. The molecule has 128 valence electrons. The summed E-state index contributed by atoms with van der Waals surface area (Å²) in [5.41, 5.74) is 2.99. The minimum Gasteiger partial charge on any atom is -0.435 e. The van der Waals surface area contributed by atoms with Gasteiger partial charge >= 0.3 is 6.61 Å². The number of aryl methyl sites for hydroxylation is 2. The lowest BCUT2D eigenvalue weighted by Crippen LogP contribution is -2.28. The predicted octanol–water partition coefficient (Wildman–Crippen LogP) is 3.37. The Bertz CT molecular complexity index is 682. The van der Waals surface area contributed by atoms with E-state index < -0.39 is 12.7 Å². The summed E-state index contributed by atoms with van der Waals surface area (Å²) in [5.74, 6) is -0.265. The molecule has 0 aliphatic carbocycles. The van der Waals surface area contributed by atoms with Gasteiger partial charge in [-0.15, -0.1) is 0 Å². The number of halogens is 2. The Morgan fingerprint density at radius 3 is 2.25 bits per heavy atom. The Balaban J connectivity index is 1.94. The Labute approximate surface area is 139 Å². The number of alkyl halides is 2. The summed E-state index contributed by atoms with van der Waals surface area (Å²) in [7, 11) is 0. The smallest absolute Gasteiger partial charge is 0.387 e. The average molecular weight is 335 g/mol. The molecule has 0 fully saturated rings. The molecule has 2 aromatic carbocycles. The van der Waals surface area contributed by atoms with Crippen molar-refractivity contribution in [2.75, 3.05) is 6.54 Å². The van der Waals surface area contributed by atoms with Crippen molar-refractivity contribution in [3.63, 3.8) is 0 Å². The molecule has 1 atom stereocenters. The lowest BCUT2D eigenvalue weighted by Gasteiger charge is -2.13. The standard InChI is InChI=1S/C18H19F2NO3/c1-11-7-12(2)9-14(8-11)17(23)21-10-16(22)13-3-5-15(6-4-13)24-18(19)20/h3-9,16,18,22H,10H2,1-2H3,(H,21,23). The van der Waals surface area contributed by atoms with Gasteiger partial charge < -0.3 is 15.2 Å². The second kappa shape index (κ2) is 7.88. The number of amides is 1. The van der Waals surface area contributed by atoms with E-state index >= 15 is 0 Å². The molecule has 0 spiro atoms. The minimum atomic E-state index is -2.89. The molecule has 0 bridgehead atoms. The van der Waals surface area contributed by atoms with Crippen molar-refractivity contribution in [1.82, 2.24) is 5.32 Å². The van der Waals surface area contributed by atoms with E-state index in [1.165, 1.54) is 24.3 Å². The van der Waals surface area contributed by atoms with Crippen molar-refractivity contribution < 1.29 is 23.4 Å². The van der Waals surface area contributed by atoms with Gasteiger partial charge in [-0.05, 0) is 43.7 Å². The van der Waals surface area contributed by atoms with Crippen LogP contribution in [0.3, 0.4) is 0 Å². The highest BCUT2D eigenvalue weighted by molar-refractivity contribution is 5.94. The molecule has 0 aliphatic rings. The Morgan fingerprint density at radius 1 is 1.12 bits per heavy atom. The third-order valence-electron chi connectivity index (χ3n) is 3.43. The highest BCUT2D eigenvalue weighted by atomic mass is 19.3. The third kappa shape index (κ3) is 5.03. The van der Waals surface area contributed by atoms with E-state index in [2.05, 4.69) is 10.1 Å². The summed E-state index contributed by atoms with van der Waals surface area (Å²) >= 11 is 0. The van der Waals surface area contributed by atoms with E-state index in [0.717, 1.165) is 11.1 Å². The molecule has 2 aromatic rings. The molecule has 1 amide bonds. The lowest BCUT2D eigenvalue weighted by molar-refractivity contribution is -0.0498. The number of aliphatic hydroxyl groups is 1. The van der Waals surface area contributed by atoms with E-state index in [9.17, 15) is 18.7 Å². The molecule has 0 aliphatic heterocycles. The number of hydrogen-bond donors (Lipinski definition) is 2. The molecular weight excluding hydrogens is 316 g/mol. The van der Waals surface area contributed by atoms with Gasteiger partial charge in [-0.1, -0.05) is 29.3 Å². The molecule has 24 heavy (non-hydrogen) atoms. The summed E-state index contributed by atoms with van der Waals surface area (Å²) in [6.07, 6.45) is -0.944. The fourth-order valence-corrected chi connectivity index (χ4v) is 2.39. The van der Waals surface area contributed by atoms with E-state index in [4.69, 9.17) is 0 Å². The molecule has 0 aromatic heterocycles. The normalized spacial score (nSPS) is 12.1. The first-order valence-electron chi connectivity index (χ1n) is 7.44. The zero-order chi connectivity index (χ0) is 17.7. The maximum absolute atomic E-state index is 12.1. The molecule has 0 radical (unpaired) electrons. The number of carbonyl (C=O) groups is 1. The first kappa shape index (κ1) is 17.9. The number of hydrogen-bond acceptors (Lipinski definition) is 3. The van der Waals surface area contributed by atoms with Crippen LogP contribution in [0, 0.1) is 13.8 Å². The average Bonchev–Trinajstić information content (AvgIpc) is 2.51. The van der Waals surface area contributed by atoms with Gasteiger partial charge in [0.2, 0.25) is 0 Å². The Hall–Kier alpha value is -2.47. The number of benzene rings is 2. The van der Waals surface area contributed by atoms with Crippen LogP contribution in [0.25, 0.3) is 0 Å². The van der Waals surface area contributed by atoms with Crippen LogP contribution in [0.5, 0.6) is 5.75 Å². The van der Waals surface area contributed by atoms with Crippen LogP contribution < -0.4 is 10.1 Å². The molecule has 0 saturated heterocycles. The van der Waals surface area contributed by atoms with Crippen molar-refractivity contribution in [2.24, 2.45) is 0 Å². The number of ether oxygens (including phenoxy) is 1. The van der Waals surface area contributed by atoms with Gasteiger partial charge in [0.1, 0.15) is 5.75 Å². The monoisotopic (exact) mass is 335 g/mol. The first-order chi connectivity index (χ1) is 11.3. The zero-order valence-electron chi connectivity index (χ0n) is 13.4. The number of aliphatic hydroxyl groups excluding tert-OH is 1. The van der Waals surface area contributed by atoms with Crippen molar-refractivity contribution in [2.45, 2.75) is 26.6 Å². The summed E-state index contributed by atoms with van der Waals surface area (Å²) < 4.78 is 28.4. The highest BCUT2D eigenvalue weighted by Gasteiger charge is 2.12. The molecule has 6 heteroatoms. The van der Waals surface area contributed by atoms with E-state index in [1.54, 1.807) is 12.1 Å². The van der Waals surface area contributed by atoms with Gasteiger partial charge in [-0.25, -0.2) is 0 Å². The topological polar surface area (TPSA) is 58.6 Å². The van der Waals surface area contributed by atoms with E-state index in [0.29, 0.717) is 11.1 Å². The van der Waals surface area contributed by atoms with Crippen LogP contribution >= 0.6 is 0 Å². The number of nitrogens with one attached hydrogen (secondary N) is 1. The molecule has 2 rings (SSSR count). The fraction of sp³-hybridized carbons (Fsp3) is 0.278. The first-order valence-corrected chi connectivity index (χ1v) is 7.44. The quantitative estimate of drug-likeness (QED) is 0.851. The highest BCUT2D eigenvalue weighted by Crippen LogP contribution is 2.19. The molecule has 0 heterocycles. The molecular formula is C18H19F2NO3. The van der Waals surface area contributed by atoms with Crippen LogP contribution in [0.15, 0.2) is 42.5 Å². The van der Waals surface area contributed by atoms with Crippen LogP contribution in [0.2, 0.25) is 0 Å². The summed E-state index contributed by atoms with van der Waals surface area (Å²) in [6.45, 7) is 0.933. The van der Waals surface area contributed by atoms with Crippen LogP contribution in [0.4, 0.5) is 8.78 Å². The van der Waals surface area contributed by atoms with Gasteiger partial charge in [0.05, 0.1) is 6.10 Å². The van der Waals surface area contributed by atoms with Crippen molar-refractivity contribution >= 4 is 5.91 Å². The van der Waals surface area contributed by atoms with E-state index in [1.807, 2.05) is 19.9 Å². The van der Waals surface area contributed by atoms with Gasteiger partial charge in [-0.2, -0.15) is 8.78 Å². The second-order valence-electron chi connectivity index (χ2n) is 5.55. The van der Waals surface area contributed by atoms with Gasteiger partial charge in [-0.3, -0.25) is 4.79 Å². The van der Waals surface area contributed by atoms with Crippen molar-refractivity contribution in [1.29, 1.82) is 0 Å².